The SMILES string of the molecule is Cc1ccccc1-n1nnc(C(c2ccccc2)(c2ccccc2)n2ccnc2)c1C. The van der Waals surface area contributed by atoms with Crippen molar-refractivity contribution < 1.29 is 0 Å². The molecule has 0 amide bonds. The van der Waals surface area contributed by atoms with Crippen LogP contribution < -0.4 is 0 Å². The molecule has 0 bridgehead atoms. The minimum atomic E-state index is -0.704. The second kappa shape index (κ2) is 7.69. The van der Waals surface area contributed by atoms with E-state index in [4.69, 9.17) is 5.10 Å². The van der Waals surface area contributed by atoms with E-state index in [0.29, 0.717) is 0 Å². The fourth-order valence-corrected chi connectivity index (χ4v) is 4.37. The Balaban J connectivity index is 1.86. The van der Waals surface area contributed by atoms with Gasteiger partial charge in [0.05, 0.1) is 17.7 Å². The quantitative estimate of drug-likeness (QED) is 0.417. The number of para-hydroxylation sites is 1. The van der Waals surface area contributed by atoms with Gasteiger partial charge in [0.1, 0.15) is 11.2 Å². The first-order valence-electron chi connectivity index (χ1n) is 10.3. The van der Waals surface area contributed by atoms with E-state index in [1.165, 1.54) is 0 Å². The summed E-state index contributed by atoms with van der Waals surface area (Å²) < 4.78 is 4.05. The lowest BCUT2D eigenvalue weighted by Gasteiger charge is -2.35. The molecule has 5 heteroatoms. The number of imidazole rings is 1. The van der Waals surface area contributed by atoms with Crippen molar-refractivity contribution in [2.45, 2.75) is 19.4 Å². The van der Waals surface area contributed by atoms with Crippen LogP contribution in [0, 0.1) is 13.8 Å². The van der Waals surface area contributed by atoms with E-state index < -0.39 is 5.54 Å². The summed E-state index contributed by atoms with van der Waals surface area (Å²) in [5.74, 6) is 0. The molecule has 3 aromatic carbocycles. The van der Waals surface area contributed by atoms with Crippen LogP contribution in [0.2, 0.25) is 0 Å². The Kier molecular flexibility index (Phi) is 4.71. The van der Waals surface area contributed by atoms with Gasteiger partial charge in [-0.15, -0.1) is 5.10 Å². The summed E-state index contributed by atoms with van der Waals surface area (Å²) in [5.41, 5.74) is 5.51. The molecule has 5 rings (SSSR count). The largest absolute Gasteiger partial charge is 0.317 e. The van der Waals surface area contributed by atoms with E-state index in [2.05, 4.69) is 89.3 Å². The molecule has 0 spiro atoms. The van der Waals surface area contributed by atoms with E-state index in [1.54, 1.807) is 0 Å². The molecule has 2 heterocycles. The lowest BCUT2D eigenvalue weighted by Crippen LogP contribution is -2.38. The Morgan fingerprint density at radius 3 is 1.94 bits per heavy atom. The minimum absolute atomic E-state index is 0.704. The van der Waals surface area contributed by atoms with Gasteiger partial charge in [0, 0.05) is 12.4 Å². The van der Waals surface area contributed by atoms with E-state index in [0.717, 1.165) is 33.8 Å². The van der Waals surface area contributed by atoms with Crippen molar-refractivity contribution in [3.63, 3.8) is 0 Å². The van der Waals surface area contributed by atoms with Crippen molar-refractivity contribution in [3.8, 4) is 5.69 Å². The summed E-state index contributed by atoms with van der Waals surface area (Å²) in [5, 5.41) is 9.39. The fourth-order valence-electron chi connectivity index (χ4n) is 4.37. The number of aromatic nitrogens is 5. The number of rotatable bonds is 5. The van der Waals surface area contributed by atoms with Gasteiger partial charge < -0.3 is 4.57 Å². The summed E-state index contributed by atoms with van der Waals surface area (Å²) >= 11 is 0. The van der Waals surface area contributed by atoms with Gasteiger partial charge in [-0.3, -0.25) is 0 Å². The molecule has 0 atom stereocenters. The van der Waals surface area contributed by atoms with Crippen LogP contribution in [0.1, 0.15) is 28.1 Å². The van der Waals surface area contributed by atoms with Gasteiger partial charge in [0.15, 0.2) is 0 Å². The van der Waals surface area contributed by atoms with Gasteiger partial charge in [-0.1, -0.05) is 84.1 Å². The highest BCUT2D eigenvalue weighted by molar-refractivity contribution is 5.51. The molecule has 5 nitrogen and oxygen atoms in total. The Morgan fingerprint density at radius 1 is 0.742 bits per heavy atom. The van der Waals surface area contributed by atoms with Crippen LogP contribution in [0.15, 0.2) is 104 Å². The number of aryl methyl sites for hydroxylation is 1. The Bertz CT molecular complexity index is 1250. The molecule has 152 valence electrons. The average Bonchev–Trinajstić information content (AvgIpc) is 3.48. The summed E-state index contributed by atoms with van der Waals surface area (Å²) in [6, 6.07) is 29.1. The van der Waals surface area contributed by atoms with Crippen LogP contribution in [-0.2, 0) is 5.54 Å². The van der Waals surface area contributed by atoms with Crippen LogP contribution in [0.5, 0.6) is 0 Å². The standard InChI is InChI=1S/C26H23N5/c1-20-11-9-10-16-24(20)31-21(2)25(28-29-31)26(30-18-17-27-19-30,22-12-5-3-6-13-22)23-14-7-4-8-15-23/h3-19H,1-2H3. The zero-order valence-electron chi connectivity index (χ0n) is 17.6. The van der Waals surface area contributed by atoms with E-state index in [1.807, 2.05) is 47.7 Å². The molecule has 0 aliphatic carbocycles. The predicted molar refractivity (Wildman–Crippen MR) is 121 cm³/mol. The monoisotopic (exact) mass is 405 g/mol. The molecule has 0 saturated heterocycles. The van der Waals surface area contributed by atoms with E-state index >= 15 is 0 Å². The Labute approximate surface area is 181 Å². The van der Waals surface area contributed by atoms with Crippen molar-refractivity contribution in [2.24, 2.45) is 0 Å². The molecule has 0 unspecified atom stereocenters. The lowest BCUT2D eigenvalue weighted by molar-refractivity contribution is 0.496. The van der Waals surface area contributed by atoms with Gasteiger partial charge >= 0.3 is 0 Å². The van der Waals surface area contributed by atoms with Gasteiger partial charge in [0.2, 0.25) is 0 Å². The van der Waals surface area contributed by atoms with Gasteiger partial charge in [-0.05, 0) is 36.6 Å². The third-order valence-electron chi connectivity index (χ3n) is 5.86. The molecular weight excluding hydrogens is 382 g/mol. The average molecular weight is 406 g/mol. The molecule has 0 radical (unpaired) electrons. The summed E-state index contributed by atoms with van der Waals surface area (Å²) in [6.45, 7) is 4.17. The molecule has 5 aromatic rings. The van der Waals surface area contributed by atoms with Crippen molar-refractivity contribution in [3.05, 3.63) is 132 Å². The lowest BCUT2D eigenvalue weighted by atomic mass is 9.79. The molecule has 0 saturated carbocycles. The van der Waals surface area contributed by atoms with Gasteiger partial charge in [-0.2, -0.15) is 0 Å². The molecular formula is C26H23N5. The molecule has 0 aliphatic rings. The smallest absolute Gasteiger partial charge is 0.142 e. The minimum Gasteiger partial charge on any atom is -0.317 e. The van der Waals surface area contributed by atoms with Gasteiger partial charge in [0.25, 0.3) is 0 Å². The first kappa shape index (κ1) is 19.0. The normalized spacial score (nSPS) is 11.5. The molecule has 2 aromatic heterocycles. The van der Waals surface area contributed by atoms with E-state index in [-0.39, 0.29) is 0 Å². The Hall–Kier alpha value is -3.99. The highest BCUT2D eigenvalue weighted by Gasteiger charge is 2.42. The highest BCUT2D eigenvalue weighted by Crippen LogP contribution is 2.41. The maximum atomic E-state index is 4.78. The van der Waals surface area contributed by atoms with E-state index in [9.17, 15) is 0 Å². The van der Waals surface area contributed by atoms with Crippen LogP contribution in [0.25, 0.3) is 5.69 Å². The summed E-state index contributed by atoms with van der Waals surface area (Å²) in [4.78, 5) is 4.38. The number of hydrogen-bond donors (Lipinski definition) is 0. The fraction of sp³-hybridized carbons (Fsp3) is 0.115. The molecule has 0 fully saturated rings. The zero-order chi connectivity index (χ0) is 21.3. The van der Waals surface area contributed by atoms with Crippen LogP contribution in [-0.4, -0.2) is 24.5 Å². The third-order valence-corrected chi connectivity index (χ3v) is 5.86. The van der Waals surface area contributed by atoms with Gasteiger partial charge in [-0.25, -0.2) is 9.67 Å². The first-order chi connectivity index (χ1) is 15.2. The predicted octanol–water partition coefficient (Wildman–Crippen LogP) is 4.92. The maximum absolute atomic E-state index is 4.78. The second-order valence-corrected chi connectivity index (χ2v) is 7.63. The second-order valence-electron chi connectivity index (χ2n) is 7.63. The Morgan fingerprint density at radius 2 is 1.35 bits per heavy atom. The topological polar surface area (TPSA) is 48.5 Å². The molecule has 0 N–H and O–H groups in total. The summed E-state index contributed by atoms with van der Waals surface area (Å²) in [6.07, 6.45) is 5.65. The van der Waals surface area contributed by atoms with Crippen molar-refractivity contribution in [1.29, 1.82) is 0 Å². The zero-order valence-corrected chi connectivity index (χ0v) is 17.6. The third kappa shape index (κ3) is 2.97. The van der Waals surface area contributed by atoms with Crippen LogP contribution in [0.3, 0.4) is 0 Å². The van der Waals surface area contributed by atoms with Crippen molar-refractivity contribution in [2.75, 3.05) is 0 Å². The molecule has 0 aliphatic heterocycles. The number of hydrogen-bond acceptors (Lipinski definition) is 3. The highest BCUT2D eigenvalue weighted by atomic mass is 15.4. The van der Waals surface area contributed by atoms with Crippen LogP contribution >= 0.6 is 0 Å². The molecule has 31 heavy (non-hydrogen) atoms. The first-order valence-corrected chi connectivity index (χ1v) is 10.3. The van der Waals surface area contributed by atoms with Crippen LogP contribution in [0.4, 0.5) is 0 Å². The van der Waals surface area contributed by atoms with Crippen molar-refractivity contribution in [1.82, 2.24) is 24.5 Å². The summed E-state index contributed by atoms with van der Waals surface area (Å²) in [7, 11) is 0. The van der Waals surface area contributed by atoms with Crippen molar-refractivity contribution >= 4 is 0 Å². The maximum Gasteiger partial charge on any atom is 0.142 e. The number of nitrogens with zero attached hydrogens (tertiary/aromatic N) is 5. The number of benzene rings is 3.